The van der Waals surface area contributed by atoms with Gasteiger partial charge in [-0.05, 0) is 31.0 Å². The fourth-order valence-electron chi connectivity index (χ4n) is 1.96. The van der Waals surface area contributed by atoms with Crippen molar-refractivity contribution in [3.8, 4) is 0 Å². The Morgan fingerprint density at radius 3 is 2.62 bits per heavy atom. The standard InChI is InChI=1S/C13H13FO2/c1-8-7-12(9(2)13(15)16-8)10-3-5-11(14)6-4-10/h3-6,8,12H,2,7H2,1H3. The minimum absolute atomic E-state index is 0.0585. The van der Waals surface area contributed by atoms with Crippen molar-refractivity contribution in [3.05, 3.63) is 47.8 Å². The molecule has 2 nitrogen and oxygen atoms in total. The molecule has 0 spiro atoms. The molecule has 1 saturated heterocycles. The van der Waals surface area contributed by atoms with E-state index in [4.69, 9.17) is 4.74 Å². The lowest BCUT2D eigenvalue weighted by atomic mass is 9.85. The third-order valence-corrected chi connectivity index (χ3v) is 2.83. The predicted octanol–water partition coefficient (Wildman–Crippen LogP) is 2.80. The van der Waals surface area contributed by atoms with Crippen LogP contribution in [0.25, 0.3) is 0 Å². The summed E-state index contributed by atoms with van der Waals surface area (Å²) in [5.41, 5.74) is 1.36. The first kappa shape index (κ1) is 10.9. The van der Waals surface area contributed by atoms with Gasteiger partial charge in [0, 0.05) is 11.5 Å². The molecule has 1 heterocycles. The zero-order valence-electron chi connectivity index (χ0n) is 9.07. The van der Waals surface area contributed by atoms with Crippen molar-refractivity contribution in [2.75, 3.05) is 0 Å². The first-order valence-corrected chi connectivity index (χ1v) is 5.23. The van der Waals surface area contributed by atoms with E-state index in [1.54, 1.807) is 12.1 Å². The number of ether oxygens (including phenoxy) is 1. The van der Waals surface area contributed by atoms with Crippen LogP contribution in [0, 0.1) is 5.82 Å². The Balaban J connectivity index is 2.28. The third-order valence-electron chi connectivity index (χ3n) is 2.83. The van der Waals surface area contributed by atoms with Gasteiger partial charge in [0.2, 0.25) is 0 Å². The molecule has 2 atom stereocenters. The van der Waals surface area contributed by atoms with Gasteiger partial charge in [-0.25, -0.2) is 9.18 Å². The zero-order valence-corrected chi connectivity index (χ0v) is 9.07. The molecule has 84 valence electrons. The summed E-state index contributed by atoms with van der Waals surface area (Å²) in [6.07, 6.45) is 0.587. The molecule has 0 saturated carbocycles. The van der Waals surface area contributed by atoms with Gasteiger partial charge in [0.25, 0.3) is 0 Å². The van der Waals surface area contributed by atoms with Crippen LogP contribution in [0.1, 0.15) is 24.8 Å². The van der Waals surface area contributed by atoms with Crippen LogP contribution in [0.5, 0.6) is 0 Å². The summed E-state index contributed by atoms with van der Waals surface area (Å²) in [7, 11) is 0. The molecule has 0 aliphatic carbocycles. The van der Waals surface area contributed by atoms with Gasteiger partial charge < -0.3 is 4.74 Å². The molecule has 1 aliphatic heterocycles. The van der Waals surface area contributed by atoms with Gasteiger partial charge in [-0.3, -0.25) is 0 Å². The third kappa shape index (κ3) is 1.98. The van der Waals surface area contributed by atoms with Crippen molar-refractivity contribution in [1.29, 1.82) is 0 Å². The zero-order chi connectivity index (χ0) is 11.7. The number of cyclic esters (lactones) is 1. The van der Waals surface area contributed by atoms with E-state index in [-0.39, 0.29) is 23.8 Å². The molecule has 2 unspecified atom stereocenters. The normalized spacial score (nSPS) is 25.4. The molecular weight excluding hydrogens is 207 g/mol. The lowest BCUT2D eigenvalue weighted by Gasteiger charge is -2.28. The molecule has 0 aromatic heterocycles. The van der Waals surface area contributed by atoms with Gasteiger partial charge in [-0.1, -0.05) is 18.7 Å². The maximum absolute atomic E-state index is 12.8. The van der Waals surface area contributed by atoms with Crippen LogP contribution < -0.4 is 0 Å². The van der Waals surface area contributed by atoms with Crippen LogP contribution in [-0.4, -0.2) is 12.1 Å². The summed E-state index contributed by atoms with van der Waals surface area (Å²) < 4.78 is 17.9. The minimum atomic E-state index is -0.354. The van der Waals surface area contributed by atoms with Gasteiger partial charge in [-0.2, -0.15) is 0 Å². The van der Waals surface area contributed by atoms with Crippen LogP contribution in [0.2, 0.25) is 0 Å². The highest BCUT2D eigenvalue weighted by atomic mass is 19.1. The number of hydrogen-bond donors (Lipinski definition) is 0. The van der Waals surface area contributed by atoms with Gasteiger partial charge >= 0.3 is 5.97 Å². The number of esters is 1. The number of benzene rings is 1. The van der Waals surface area contributed by atoms with Crippen molar-refractivity contribution in [2.45, 2.75) is 25.4 Å². The average molecular weight is 220 g/mol. The largest absolute Gasteiger partial charge is 0.459 e. The second kappa shape index (κ2) is 4.08. The van der Waals surface area contributed by atoms with E-state index in [0.717, 1.165) is 5.56 Å². The topological polar surface area (TPSA) is 26.3 Å². The minimum Gasteiger partial charge on any atom is -0.459 e. The smallest absolute Gasteiger partial charge is 0.334 e. The molecular formula is C13H13FO2. The Hall–Kier alpha value is -1.64. The summed E-state index contributed by atoms with van der Waals surface area (Å²) in [5, 5.41) is 0. The molecule has 0 amide bonds. The van der Waals surface area contributed by atoms with Crippen molar-refractivity contribution in [2.24, 2.45) is 0 Å². The van der Waals surface area contributed by atoms with Crippen molar-refractivity contribution < 1.29 is 13.9 Å². The van der Waals surface area contributed by atoms with Crippen LogP contribution in [0.4, 0.5) is 4.39 Å². The van der Waals surface area contributed by atoms with Crippen LogP contribution in [-0.2, 0) is 9.53 Å². The number of rotatable bonds is 1. The Bertz CT molecular complexity index is 422. The van der Waals surface area contributed by atoms with E-state index < -0.39 is 0 Å². The molecule has 0 radical (unpaired) electrons. The quantitative estimate of drug-likeness (QED) is 0.537. The van der Waals surface area contributed by atoms with E-state index in [1.807, 2.05) is 6.92 Å². The summed E-state index contributed by atoms with van der Waals surface area (Å²) in [4.78, 5) is 11.5. The van der Waals surface area contributed by atoms with E-state index in [1.165, 1.54) is 12.1 Å². The van der Waals surface area contributed by atoms with Gasteiger partial charge in [0.05, 0.1) is 0 Å². The van der Waals surface area contributed by atoms with Crippen LogP contribution in [0.15, 0.2) is 36.4 Å². The molecule has 2 rings (SSSR count). The van der Waals surface area contributed by atoms with Crippen molar-refractivity contribution >= 4 is 5.97 Å². The predicted molar refractivity (Wildman–Crippen MR) is 58.5 cm³/mol. The summed E-state index contributed by atoms with van der Waals surface area (Å²) in [6, 6.07) is 6.17. The Morgan fingerprint density at radius 1 is 1.38 bits per heavy atom. The fraction of sp³-hybridized carbons (Fsp3) is 0.308. The molecule has 3 heteroatoms. The summed E-state index contributed by atoms with van der Waals surface area (Å²) in [5.74, 6) is -0.689. The molecule has 1 fully saturated rings. The highest BCUT2D eigenvalue weighted by molar-refractivity contribution is 5.90. The molecule has 1 aromatic rings. The molecule has 16 heavy (non-hydrogen) atoms. The molecule has 1 aliphatic rings. The first-order chi connectivity index (χ1) is 7.58. The second-order valence-electron chi connectivity index (χ2n) is 4.08. The van der Waals surface area contributed by atoms with Crippen molar-refractivity contribution in [1.82, 2.24) is 0 Å². The summed E-state index contributed by atoms with van der Waals surface area (Å²) in [6.45, 7) is 5.59. The lowest BCUT2D eigenvalue weighted by Crippen LogP contribution is -2.28. The van der Waals surface area contributed by atoms with E-state index in [2.05, 4.69) is 6.58 Å². The molecule has 0 N–H and O–H groups in total. The van der Waals surface area contributed by atoms with Crippen molar-refractivity contribution in [3.63, 3.8) is 0 Å². The lowest BCUT2D eigenvalue weighted by molar-refractivity contribution is -0.147. The maximum atomic E-state index is 12.8. The fourth-order valence-corrected chi connectivity index (χ4v) is 1.96. The molecule has 0 bridgehead atoms. The Labute approximate surface area is 93.7 Å². The van der Waals surface area contributed by atoms with Crippen LogP contribution >= 0.6 is 0 Å². The molecule has 1 aromatic carbocycles. The SMILES string of the molecule is C=C1C(=O)OC(C)CC1c1ccc(F)cc1. The Morgan fingerprint density at radius 2 is 2.00 bits per heavy atom. The number of hydrogen-bond acceptors (Lipinski definition) is 2. The van der Waals surface area contributed by atoms with Crippen LogP contribution in [0.3, 0.4) is 0 Å². The average Bonchev–Trinajstić information content (AvgIpc) is 2.25. The highest BCUT2D eigenvalue weighted by Crippen LogP contribution is 2.33. The number of carbonyl (C=O) groups is 1. The number of halogens is 1. The van der Waals surface area contributed by atoms with E-state index >= 15 is 0 Å². The van der Waals surface area contributed by atoms with Gasteiger partial charge in [-0.15, -0.1) is 0 Å². The first-order valence-electron chi connectivity index (χ1n) is 5.23. The Kier molecular flexibility index (Phi) is 2.77. The maximum Gasteiger partial charge on any atom is 0.334 e. The van der Waals surface area contributed by atoms with Gasteiger partial charge in [0.1, 0.15) is 11.9 Å². The van der Waals surface area contributed by atoms with E-state index in [9.17, 15) is 9.18 Å². The highest BCUT2D eigenvalue weighted by Gasteiger charge is 2.30. The monoisotopic (exact) mass is 220 g/mol. The summed E-state index contributed by atoms with van der Waals surface area (Å²) >= 11 is 0. The number of carbonyl (C=O) groups excluding carboxylic acids is 1. The van der Waals surface area contributed by atoms with Gasteiger partial charge in [0.15, 0.2) is 0 Å². The van der Waals surface area contributed by atoms with E-state index in [0.29, 0.717) is 12.0 Å². The second-order valence-corrected chi connectivity index (χ2v) is 4.08.